The number of amides is 2. The third-order valence-electron chi connectivity index (χ3n) is 3.83. The molecule has 0 aliphatic rings. The van der Waals surface area contributed by atoms with E-state index in [1.807, 2.05) is 0 Å². The summed E-state index contributed by atoms with van der Waals surface area (Å²) in [5, 5.41) is 14.6. The van der Waals surface area contributed by atoms with Gasteiger partial charge in [0.05, 0.1) is 0 Å². The summed E-state index contributed by atoms with van der Waals surface area (Å²) in [6.45, 7) is 0. The first-order valence-electron chi connectivity index (χ1n) is 8.45. The monoisotopic (exact) mass is 376 g/mol. The summed E-state index contributed by atoms with van der Waals surface area (Å²) in [5.74, 6) is -1.34. The van der Waals surface area contributed by atoms with Gasteiger partial charge in [-0.25, -0.2) is 4.39 Å². The molecular formula is C22H17FN2O3. The Balaban J connectivity index is 1.86. The van der Waals surface area contributed by atoms with Crippen molar-refractivity contribution in [1.29, 1.82) is 0 Å². The third kappa shape index (κ3) is 5.04. The predicted octanol–water partition coefficient (Wildman–Crippen LogP) is 3.94. The normalized spacial score (nSPS) is 11.0. The molecule has 0 heterocycles. The highest BCUT2D eigenvalue weighted by molar-refractivity contribution is 6.10. The maximum absolute atomic E-state index is 13.1. The zero-order valence-corrected chi connectivity index (χ0v) is 14.7. The molecule has 5 nitrogen and oxygen atoms in total. The lowest BCUT2D eigenvalue weighted by molar-refractivity contribution is -0.113. The zero-order valence-electron chi connectivity index (χ0n) is 14.7. The molecular weight excluding hydrogens is 359 g/mol. The van der Waals surface area contributed by atoms with Gasteiger partial charge >= 0.3 is 0 Å². The Morgan fingerprint density at radius 2 is 1.50 bits per heavy atom. The summed E-state index contributed by atoms with van der Waals surface area (Å²) in [6, 6.07) is 19.9. The maximum Gasteiger partial charge on any atom is 0.272 e. The van der Waals surface area contributed by atoms with E-state index in [0.29, 0.717) is 16.8 Å². The molecule has 0 bridgehead atoms. The van der Waals surface area contributed by atoms with E-state index in [2.05, 4.69) is 10.6 Å². The average Bonchev–Trinajstić information content (AvgIpc) is 2.71. The fourth-order valence-electron chi connectivity index (χ4n) is 2.41. The van der Waals surface area contributed by atoms with Crippen LogP contribution in [-0.2, 0) is 4.79 Å². The van der Waals surface area contributed by atoms with E-state index >= 15 is 0 Å². The molecule has 0 aromatic heterocycles. The lowest BCUT2D eigenvalue weighted by Gasteiger charge is -2.11. The van der Waals surface area contributed by atoms with E-state index in [4.69, 9.17) is 0 Å². The van der Waals surface area contributed by atoms with Crippen LogP contribution in [0, 0.1) is 5.82 Å². The lowest BCUT2D eigenvalue weighted by Crippen LogP contribution is -2.30. The van der Waals surface area contributed by atoms with Crippen molar-refractivity contribution in [2.75, 3.05) is 5.32 Å². The van der Waals surface area contributed by atoms with Crippen LogP contribution in [-0.4, -0.2) is 16.9 Å². The van der Waals surface area contributed by atoms with Gasteiger partial charge in [0, 0.05) is 11.3 Å². The quantitative estimate of drug-likeness (QED) is 0.466. The number of rotatable bonds is 5. The minimum Gasteiger partial charge on any atom is -0.508 e. The van der Waals surface area contributed by atoms with Crippen molar-refractivity contribution in [3.63, 3.8) is 0 Å². The Hall–Kier alpha value is -3.93. The van der Waals surface area contributed by atoms with E-state index in [1.54, 1.807) is 30.3 Å². The highest BCUT2D eigenvalue weighted by atomic mass is 19.1. The molecule has 0 aliphatic heterocycles. The zero-order chi connectivity index (χ0) is 19.9. The molecule has 0 saturated heterocycles. The SMILES string of the molecule is O=C(Nc1ccc(O)cc1)C(=Cc1ccc(F)cc1)NC(=O)c1ccccc1. The van der Waals surface area contributed by atoms with Crippen LogP contribution in [0.4, 0.5) is 10.1 Å². The molecule has 0 aliphatic carbocycles. The topological polar surface area (TPSA) is 78.4 Å². The Morgan fingerprint density at radius 3 is 2.14 bits per heavy atom. The number of benzene rings is 3. The highest BCUT2D eigenvalue weighted by Crippen LogP contribution is 2.15. The lowest BCUT2D eigenvalue weighted by atomic mass is 10.1. The first-order valence-corrected chi connectivity index (χ1v) is 8.45. The minimum absolute atomic E-state index is 0.00598. The standard InChI is InChI=1S/C22H17FN2O3/c23-17-8-6-15(7-9-17)14-20(25-21(27)16-4-2-1-3-5-16)22(28)24-18-10-12-19(26)13-11-18/h1-14,26H,(H,24,28)(H,25,27). The van der Waals surface area contributed by atoms with Gasteiger partial charge in [0.2, 0.25) is 0 Å². The van der Waals surface area contributed by atoms with E-state index in [9.17, 15) is 19.1 Å². The van der Waals surface area contributed by atoms with Gasteiger partial charge in [-0.3, -0.25) is 9.59 Å². The first-order chi connectivity index (χ1) is 13.5. The van der Waals surface area contributed by atoms with Crippen molar-refractivity contribution >= 4 is 23.6 Å². The summed E-state index contributed by atoms with van der Waals surface area (Å²) in [4.78, 5) is 25.2. The molecule has 6 heteroatoms. The molecule has 2 amide bonds. The van der Waals surface area contributed by atoms with Gasteiger partial charge in [-0.15, -0.1) is 0 Å². The van der Waals surface area contributed by atoms with E-state index in [-0.39, 0.29) is 11.4 Å². The highest BCUT2D eigenvalue weighted by Gasteiger charge is 2.15. The summed E-state index contributed by atoms with van der Waals surface area (Å²) in [5.41, 5.74) is 1.38. The molecule has 0 spiro atoms. The smallest absolute Gasteiger partial charge is 0.272 e. The van der Waals surface area contributed by atoms with E-state index < -0.39 is 17.6 Å². The van der Waals surface area contributed by atoms with Crippen LogP contribution in [0.3, 0.4) is 0 Å². The predicted molar refractivity (Wildman–Crippen MR) is 105 cm³/mol. The van der Waals surface area contributed by atoms with Gasteiger partial charge in [0.15, 0.2) is 0 Å². The number of hydrogen-bond acceptors (Lipinski definition) is 3. The number of hydrogen-bond donors (Lipinski definition) is 3. The number of phenolic OH excluding ortho intramolecular Hbond substituents is 1. The second kappa shape index (κ2) is 8.64. The largest absolute Gasteiger partial charge is 0.508 e. The van der Waals surface area contributed by atoms with E-state index in [1.165, 1.54) is 54.6 Å². The van der Waals surface area contributed by atoms with Gasteiger partial charge in [-0.2, -0.15) is 0 Å². The number of halogens is 1. The van der Waals surface area contributed by atoms with Crippen molar-refractivity contribution < 1.29 is 19.1 Å². The second-order valence-electron chi connectivity index (χ2n) is 5.93. The molecule has 140 valence electrons. The Labute approximate surface area is 161 Å². The van der Waals surface area contributed by atoms with Crippen LogP contribution < -0.4 is 10.6 Å². The Kier molecular flexibility index (Phi) is 5.81. The Morgan fingerprint density at radius 1 is 0.857 bits per heavy atom. The average molecular weight is 376 g/mol. The van der Waals surface area contributed by atoms with Crippen molar-refractivity contribution in [1.82, 2.24) is 5.32 Å². The fraction of sp³-hybridized carbons (Fsp3) is 0. The van der Waals surface area contributed by atoms with Crippen LogP contribution in [0.1, 0.15) is 15.9 Å². The van der Waals surface area contributed by atoms with Crippen LogP contribution in [0.5, 0.6) is 5.75 Å². The van der Waals surface area contributed by atoms with Gasteiger partial charge < -0.3 is 15.7 Å². The number of phenols is 1. The Bertz CT molecular complexity index is 998. The third-order valence-corrected chi connectivity index (χ3v) is 3.83. The van der Waals surface area contributed by atoms with Crippen LogP contribution in [0.25, 0.3) is 6.08 Å². The number of anilines is 1. The van der Waals surface area contributed by atoms with Gasteiger partial charge in [-0.05, 0) is 60.2 Å². The molecule has 3 rings (SSSR count). The van der Waals surface area contributed by atoms with Gasteiger partial charge in [0.25, 0.3) is 11.8 Å². The molecule has 0 radical (unpaired) electrons. The number of aromatic hydroxyl groups is 1. The first kappa shape index (κ1) is 18.8. The number of carbonyl (C=O) groups excluding carboxylic acids is 2. The summed E-state index contributed by atoms with van der Waals surface area (Å²) in [6.07, 6.45) is 1.45. The molecule has 3 aromatic rings. The second-order valence-corrected chi connectivity index (χ2v) is 5.93. The molecule has 28 heavy (non-hydrogen) atoms. The van der Waals surface area contributed by atoms with Crippen LogP contribution in [0.15, 0.2) is 84.6 Å². The van der Waals surface area contributed by atoms with Crippen molar-refractivity contribution in [3.05, 3.63) is 102 Å². The van der Waals surface area contributed by atoms with Crippen molar-refractivity contribution in [3.8, 4) is 5.75 Å². The molecule has 3 N–H and O–H groups in total. The van der Waals surface area contributed by atoms with E-state index in [0.717, 1.165) is 0 Å². The van der Waals surface area contributed by atoms with Crippen molar-refractivity contribution in [2.24, 2.45) is 0 Å². The van der Waals surface area contributed by atoms with Gasteiger partial charge in [0.1, 0.15) is 17.3 Å². The molecule has 0 atom stereocenters. The van der Waals surface area contributed by atoms with Crippen molar-refractivity contribution in [2.45, 2.75) is 0 Å². The van der Waals surface area contributed by atoms with Gasteiger partial charge in [-0.1, -0.05) is 30.3 Å². The molecule has 0 unspecified atom stereocenters. The number of carbonyl (C=O) groups is 2. The maximum atomic E-state index is 13.1. The summed E-state index contributed by atoms with van der Waals surface area (Å²) >= 11 is 0. The minimum atomic E-state index is -0.556. The molecule has 0 fully saturated rings. The van der Waals surface area contributed by atoms with Crippen LogP contribution in [0.2, 0.25) is 0 Å². The number of nitrogens with one attached hydrogen (secondary N) is 2. The summed E-state index contributed by atoms with van der Waals surface area (Å²) < 4.78 is 13.1. The van der Waals surface area contributed by atoms with Crippen LogP contribution >= 0.6 is 0 Å². The fourth-order valence-corrected chi connectivity index (χ4v) is 2.41. The molecule has 0 saturated carbocycles. The molecule has 3 aromatic carbocycles. The summed E-state index contributed by atoms with van der Waals surface area (Å²) in [7, 11) is 0.